The van der Waals surface area contributed by atoms with Gasteiger partial charge in [0.15, 0.2) is 0 Å². The number of benzene rings is 2. The molecule has 1 heterocycles. The van der Waals surface area contributed by atoms with Crippen LogP contribution in [0, 0.1) is 48.1 Å². The molecule has 6 nitrogen and oxygen atoms in total. The Labute approximate surface area is 177 Å². The van der Waals surface area contributed by atoms with Crippen molar-refractivity contribution in [3.63, 3.8) is 0 Å². The van der Waals surface area contributed by atoms with Gasteiger partial charge in [0, 0.05) is 35.6 Å². The number of nitriles is 2. The minimum absolute atomic E-state index is 0.0796. The summed E-state index contributed by atoms with van der Waals surface area (Å²) < 4.78 is 30.4. The number of hydrogen-bond acceptors (Lipinski definition) is 3. The number of halogens is 2. The van der Waals surface area contributed by atoms with Gasteiger partial charge in [-0.05, 0) is 43.2 Å². The van der Waals surface area contributed by atoms with Crippen LogP contribution in [-0.4, -0.2) is 15.8 Å². The van der Waals surface area contributed by atoms with Crippen LogP contribution in [0.2, 0.25) is 0 Å². The van der Waals surface area contributed by atoms with Crippen molar-refractivity contribution >= 4 is 6.09 Å². The van der Waals surface area contributed by atoms with Gasteiger partial charge in [0.1, 0.15) is 23.8 Å². The predicted molar refractivity (Wildman–Crippen MR) is 109 cm³/mol. The monoisotopic (exact) mass is 420 g/mol. The summed E-state index contributed by atoms with van der Waals surface area (Å²) in [5.74, 6) is -1.20. The lowest BCUT2D eigenvalue weighted by molar-refractivity contribution is 0.194. The van der Waals surface area contributed by atoms with Gasteiger partial charge in [-0.3, -0.25) is 0 Å². The van der Waals surface area contributed by atoms with E-state index in [1.54, 1.807) is 32.0 Å². The predicted octanol–water partition coefficient (Wildman–Crippen LogP) is 4.61. The van der Waals surface area contributed by atoms with Crippen molar-refractivity contribution in [1.82, 2.24) is 9.88 Å². The zero-order valence-corrected chi connectivity index (χ0v) is 16.8. The molecule has 8 heteroatoms. The summed E-state index contributed by atoms with van der Waals surface area (Å²) in [6, 6.07) is 12.7. The highest BCUT2D eigenvalue weighted by molar-refractivity contribution is 5.75. The maximum atomic E-state index is 14.4. The van der Waals surface area contributed by atoms with Crippen LogP contribution in [0.25, 0.3) is 11.1 Å². The van der Waals surface area contributed by atoms with E-state index in [1.165, 1.54) is 24.3 Å². The first kappa shape index (κ1) is 21.5. The molecule has 0 aliphatic carbocycles. The molecule has 0 saturated heterocycles. The molecule has 0 spiro atoms. The van der Waals surface area contributed by atoms with Gasteiger partial charge in [0.05, 0.1) is 11.1 Å². The summed E-state index contributed by atoms with van der Waals surface area (Å²) >= 11 is 0. The molecule has 0 unspecified atom stereocenters. The Bertz CT molecular complexity index is 1270. The number of nitrogens with one attached hydrogen (secondary N) is 1. The third-order valence-corrected chi connectivity index (χ3v) is 5.16. The summed E-state index contributed by atoms with van der Waals surface area (Å²) in [6.45, 7) is 3.68. The fourth-order valence-electron chi connectivity index (χ4n) is 3.56. The SMILES string of the molecule is Cc1c(C#N)c(-c2ccc(C#N)c(F)c2)c(C)n1Cc1ccc(CNC(=O)O)c(F)c1. The van der Waals surface area contributed by atoms with Gasteiger partial charge >= 0.3 is 6.09 Å². The molecule has 2 N–H and O–H groups in total. The maximum Gasteiger partial charge on any atom is 0.404 e. The van der Waals surface area contributed by atoms with Crippen molar-refractivity contribution in [2.75, 3.05) is 0 Å². The molecule has 0 fully saturated rings. The molecule has 156 valence electrons. The fourth-order valence-corrected chi connectivity index (χ4v) is 3.56. The van der Waals surface area contributed by atoms with Crippen molar-refractivity contribution < 1.29 is 18.7 Å². The molecule has 2 aromatic carbocycles. The van der Waals surface area contributed by atoms with Crippen LogP contribution in [0.3, 0.4) is 0 Å². The molecule has 31 heavy (non-hydrogen) atoms. The molecule has 1 aromatic heterocycles. The van der Waals surface area contributed by atoms with Crippen molar-refractivity contribution in [2.24, 2.45) is 0 Å². The summed E-state index contributed by atoms with van der Waals surface area (Å²) in [7, 11) is 0. The van der Waals surface area contributed by atoms with Crippen molar-refractivity contribution in [1.29, 1.82) is 10.5 Å². The van der Waals surface area contributed by atoms with Crippen LogP contribution in [0.1, 0.15) is 33.6 Å². The first-order chi connectivity index (χ1) is 14.8. The van der Waals surface area contributed by atoms with Gasteiger partial charge in [-0.15, -0.1) is 0 Å². The van der Waals surface area contributed by atoms with Crippen LogP contribution >= 0.6 is 0 Å². The highest BCUT2D eigenvalue weighted by atomic mass is 19.1. The van der Waals surface area contributed by atoms with E-state index < -0.39 is 17.7 Å². The number of carboxylic acid groups (broad SMARTS) is 1. The molecule has 3 rings (SSSR count). The number of hydrogen-bond donors (Lipinski definition) is 2. The molecule has 0 saturated carbocycles. The smallest absolute Gasteiger partial charge is 0.404 e. The summed E-state index contributed by atoms with van der Waals surface area (Å²) in [4.78, 5) is 10.6. The highest BCUT2D eigenvalue weighted by Crippen LogP contribution is 2.33. The Morgan fingerprint density at radius 3 is 2.39 bits per heavy atom. The average Bonchev–Trinajstić information content (AvgIpc) is 2.97. The van der Waals surface area contributed by atoms with Crippen molar-refractivity contribution in [3.8, 4) is 23.3 Å². The molecule has 0 atom stereocenters. The summed E-state index contributed by atoms with van der Waals surface area (Å²) in [6.07, 6.45) is -1.24. The minimum Gasteiger partial charge on any atom is -0.465 e. The molecule has 0 radical (unpaired) electrons. The molecule has 1 amide bonds. The van der Waals surface area contributed by atoms with Gasteiger partial charge in [-0.2, -0.15) is 10.5 Å². The van der Waals surface area contributed by atoms with E-state index in [0.717, 1.165) is 0 Å². The largest absolute Gasteiger partial charge is 0.465 e. The highest BCUT2D eigenvalue weighted by Gasteiger charge is 2.20. The number of carbonyl (C=O) groups is 1. The van der Waals surface area contributed by atoms with Crippen molar-refractivity contribution in [2.45, 2.75) is 26.9 Å². The Morgan fingerprint density at radius 2 is 1.81 bits per heavy atom. The standard InChI is InChI=1S/C23H18F2N4O2/c1-13-19(10-27)22(16-5-6-17(9-26)21(25)8-16)14(2)29(13)12-15-3-4-18(20(24)7-15)11-28-23(30)31/h3-8,28H,11-12H2,1-2H3,(H,30,31). The fraction of sp³-hybridized carbons (Fsp3) is 0.174. The van der Waals surface area contributed by atoms with E-state index in [-0.39, 0.29) is 24.2 Å². The maximum absolute atomic E-state index is 14.4. The second-order valence-electron chi connectivity index (χ2n) is 7.01. The lowest BCUT2D eigenvalue weighted by atomic mass is 10.00. The second kappa shape index (κ2) is 8.68. The van der Waals surface area contributed by atoms with E-state index in [2.05, 4.69) is 11.4 Å². The quantitative estimate of drug-likeness (QED) is 0.629. The van der Waals surface area contributed by atoms with Crippen LogP contribution in [0.15, 0.2) is 36.4 Å². The minimum atomic E-state index is -1.24. The van der Waals surface area contributed by atoms with E-state index in [9.17, 15) is 18.8 Å². The van der Waals surface area contributed by atoms with E-state index in [0.29, 0.717) is 33.6 Å². The first-order valence-corrected chi connectivity index (χ1v) is 9.30. The van der Waals surface area contributed by atoms with Gasteiger partial charge in [0.2, 0.25) is 0 Å². The van der Waals surface area contributed by atoms with Crippen LogP contribution in [0.5, 0.6) is 0 Å². The van der Waals surface area contributed by atoms with E-state index in [1.807, 2.05) is 4.57 Å². The Hall–Kier alpha value is -4.17. The molecule has 0 aliphatic rings. The van der Waals surface area contributed by atoms with Gasteiger partial charge in [0.25, 0.3) is 0 Å². The number of amides is 1. The van der Waals surface area contributed by atoms with Gasteiger partial charge < -0.3 is 15.0 Å². The topological polar surface area (TPSA) is 102 Å². The van der Waals surface area contributed by atoms with Crippen LogP contribution in [0.4, 0.5) is 13.6 Å². The third-order valence-electron chi connectivity index (χ3n) is 5.16. The molecule has 0 bridgehead atoms. The summed E-state index contributed by atoms with van der Waals surface area (Å²) in [5.41, 5.74) is 3.54. The Balaban J connectivity index is 2.00. The second-order valence-corrected chi connectivity index (χ2v) is 7.01. The Kier molecular flexibility index (Phi) is 6.03. The molecular weight excluding hydrogens is 402 g/mol. The third kappa shape index (κ3) is 4.24. The zero-order chi connectivity index (χ0) is 22.7. The normalized spacial score (nSPS) is 10.4. The lowest BCUT2D eigenvalue weighted by Gasteiger charge is -2.12. The molecule has 3 aromatic rings. The number of aromatic nitrogens is 1. The average molecular weight is 420 g/mol. The summed E-state index contributed by atoms with van der Waals surface area (Å²) in [5, 5.41) is 29.4. The van der Waals surface area contributed by atoms with E-state index >= 15 is 0 Å². The van der Waals surface area contributed by atoms with Gasteiger partial charge in [-0.1, -0.05) is 18.2 Å². The lowest BCUT2D eigenvalue weighted by Crippen LogP contribution is -2.20. The van der Waals surface area contributed by atoms with Crippen LogP contribution in [-0.2, 0) is 13.1 Å². The first-order valence-electron chi connectivity index (χ1n) is 9.30. The van der Waals surface area contributed by atoms with E-state index in [4.69, 9.17) is 10.4 Å². The molecular formula is C23H18F2N4O2. The molecule has 0 aliphatic heterocycles. The van der Waals surface area contributed by atoms with Crippen molar-refractivity contribution in [3.05, 3.63) is 81.7 Å². The zero-order valence-electron chi connectivity index (χ0n) is 16.8. The van der Waals surface area contributed by atoms with Crippen LogP contribution < -0.4 is 5.32 Å². The van der Waals surface area contributed by atoms with Gasteiger partial charge in [-0.25, -0.2) is 13.6 Å². The number of nitrogens with zero attached hydrogens (tertiary/aromatic N) is 3. The Morgan fingerprint density at radius 1 is 1.06 bits per heavy atom. The number of rotatable bonds is 5.